The number of piperazine rings is 1. The normalized spacial score (nSPS) is 27.0. The van der Waals surface area contributed by atoms with Crippen molar-refractivity contribution < 1.29 is 17.6 Å². The maximum absolute atomic E-state index is 14.1. The first kappa shape index (κ1) is 11.7. The van der Waals surface area contributed by atoms with Crippen molar-refractivity contribution in [2.45, 2.75) is 18.4 Å². The molecule has 1 fully saturated rings. The Labute approximate surface area is 101 Å². The molecule has 3 heterocycles. The molecule has 0 aliphatic carbocycles. The molecule has 0 amide bonds. The predicted octanol–water partition coefficient (Wildman–Crippen LogP) is 1.90. The van der Waals surface area contributed by atoms with E-state index in [9.17, 15) is 17.6 Å². The third-order valence-corrected chi connectivity index (χ3v) is 3.41. The minimum Gasteiger partial charge on any atom is -0.347 e. The number of nitrogens with one attached hydrogen (secondary N) is 1. The van der Waals surface area contributed by atoms with Crippen molar-refractivity contribution >= 4 is 5.82 Å². The third-order valence-electron chi connectivity index (χ3n) is 3.41. The van der Waals surface area contributed by atoms with E-state index in [1.165, 1.54) is 0 Å². The third kappa shape index (κ3) is 1.65. The number of pyridine rings is 1. The first-order valence-electron chi connectivity index (χ1n) is 5.67. The summed E-state index contributed by atoms with van der Waals surface area (Å²) in [6, 6.07) is 0.440. The number of alkyl halides is 4. The molecular formula is C11H11F4N3. The van der Waals surface area contributed by atoms with Crippen molar-refractivity contribution in [3.8, 4) is 0 Å². The lowest BCUT2D eigenvalue weighted by Gasteiger charge is -2.32. The van der Waals surface area contributed by atoms with E-state index in [0.717, 1.165) is 12.3 Å². The summed E-state index contributed by atoms with van der Waals surface area (Å²) in [5.41, 5.74) is -0.838. The summed E-state index contributed by atoms with van der Waals surface area (Å²) in [5, 5.41) is 3.03. The highest BCUT2D eigenvalue weighted by atomic mass is 19.4. The van der Waals surface area contributed by atoms with Gasteiger partial charge in [-0.15, -0.1) is 0 Å². The van der Waals surface area contributed by atoms with Crippen LogP contribution in [-0.4, -0.2) is 30.7 Å². The fourth-order valence-corrected chi connectivity index (χ4v) is 2.53. The van der Waals surface area contributed by atoms with Crippen molar-refractivity contribution in [1.29, 1.82) is 0 Å². The monoisotopic (exact) mass is 261 g/mol. The van der Waals surface area contributed by atoms with Crippen LogP contribution in [0, 0.1) is 0 Å². The van der Waals surface area contributed by atoms with Crippen LogP contribution in [0.1, 0.15) is 17.3 Å². The number of hydrogen-bond acceptors (Lipinski definition) is 3. The quantitative estimate of drug-likeness (QED) is 0.723. The van der Waals surface area contributed by atoms with Crippen LogP contribution < -0.4 is 10.2 Å². The molecule has 0 aromatic carbocycles. The second kappa shape index (κ2) is 3.81. The number of halogens is 4. The summed E-state index contributed by atoms with van der Waals surface area (Å²) in [7, 11) is 0. The van der Waals surface area contributed by atoms with Gasteiger partial charge in [0.25, 0.3) is 0 Å². The number of rotatable bonds is 0. The van der Waals surface area contributed by atoms with Crippen molar-refractivity contribution in [3.05, 3.63) is 23.4 Å². The zero-order valence-corrected chi connectivity index (χ0v) is 9.34. The van der Waals surface area contributed by atoms with E-state index in [0.29, 0.717) is 25.5 Å². The second-order valence-corrected chi connectivity index (χ2v) is 4.50. The minimum atomic E-state index is -4.48. The largest absolute Gasteiger partial charge is 0.417 e. The Hall–Kier alpha value is -1.37. The van der Waals surface area contributed by atoms with Gasteiger partial charge in [-0.05, 0) is 6.07 Å². The molecule has 2 atom stereocenters. The topological polar surface area (TPSA) is 28.2 Å². The molecule has 3 nitrogen and oxygen atoms in total. The van der Waals surface area contributed by atoms with Crippen LogP contribution in [0.25, 0.3) is 0 Å². The summed E-state index contributed by atoms with van der Waals surface area (Å²) in [5.74, 6) is 0.349. The molecule has 0 bridgehead atoms. The lowest BCUT2D eigenvalue weighted by atomic mass is 10.1. The van der Waals surface area contributed by atoms with Crippen molar-refractivity contribution in [1.82, 2.24) is 10.3 Å². The summed E-state index contributed by atoms with van der Waals surface area (Å²) < 4.78 is 51.8. The summed E-state index contributed by atoms with van der Waals surface area (Å²) in [6.07, 6.45) is -5.12. The number of hydrogen-bond donors (Lipinski definition) is 1. The highest BCUT2D eigenvalue weighted by Gasteiger charge is 2.43. The fraction of sp³-hybridized carbons (Fsp3) is 0.545. The van der Waals surface area contributed by atoms with Crippen LogP contribution in [0.5, 0.6) is 0 Å². The van der Waals surface area contributed by atoms with Gasteiger partial charge in [0.05, 0.1) is 11.6 Å². The minimum absolute atomic E-state index is 0.0542. The van der Waals surface area contributed by atoms with E-state index >= 15 is 0 Å². The SMILES string of the molecule is F[C@@H]1c2cc(C(F)(F)F)cnc2N2CCNC[C@H]12. The molecule has 2 aliphatic heterocycles. The molecule has 0 saturated carbocycles. The van der Waals surface area contributed by atoms with Gasteiger partial charge in [0.2, 0.25) is 0 Å². The maximum Gasteiger partial charge on any atom is 0.417 e. The number of aromatic nitrogens is 1. The molecule has 1 N–H and O–H groups in total. The first-order chi connectivity index (χ1) is 8.48. The maximum atomic E-state index is 14.1. The van der Waals surface area contributed by atoms with E-state index in [4.69, 9.17) is 0 Å². The number of fused-ring (bicyclic) bond motifs is 3. The molecule has 98 valence electrons. The van der Waals surface area contributed by atoms with E-state index in [-0.39, 0.29) is 5.56 Å². The predicted molar refractivity (Wildman–Crippen MR) is 57.1 cm³/mol. The standard InChI is InChI=1S/C11H11F4N3/c12-9-7-3-6(11(13,14)15)4-17-10(7)18-2-1-16-5-8(9)18/h3-4,8-9,16H,1-2,5H2/t8-,9-/m1/s1. The Morgan fingerprint density at radius 1 is 1.39 bits per heavy atom. The summed E-state index contributed by atoms with van der Waals surface area (Å²) in [6.45, 7) is 1.68. The van der Waals surface area contributed by atoms with Gasteiger partial charge in [-0.25, -0.2) is 9.37 Å². The molecular weight excluding hydrogens is 250 g/mol. The van der Waals surface area contributed by atoms with Crippen molar-refractivity contribution in [2.75, 3.05) is 24.5 Å². The van der Waals surface area contributed by atoms with Crippen LogP contribution in [0.2, 0.25) is 0 Å². The Morgan fingerprint density at radius 2 is 2.17 bits per heavy atom. The fourth-order valence-electron chi connectivity index (χ4n) is 2.53. The van der Waals surface area contributed by atoms with E-state index in [1.54, 1.807) is 4.90 Å². The van der Waals surface area contributed by atoms with Gasteiger partial charge in [0.15, 0.2) is 6.17 Å². The lowest BCUT2D eigenvalue weighted by molar-refractivity contribution is -0.137. The molecule has 2 aliphatic rings. The second-order valence-electron chi connectivity index (χ2n) is 4.50. The Bertz CT molecular complexity index is 474. The molecule has 1 saturated heterocycles. The highest BCUT2D eigenvalue weighted by Crippen LogP contribution is 2.43. The van der Waals surface area contributed by atoms with Gasteiger partial charge in [-0.3, -0.25) is 0 Å². The molecule has 3 rings (SSSR count). The molecule has 0 unspecified atom stereocenters. The average molecular weight is 261 g/mol. The average Bonchev–Trinajstić information content (AvgIpc) is 2.63. The van der Waals surface area contributed by atoms with E-state index in [1.807, 2.05) is 0 Å². The summed E-state index contributed by atoms with van der Waals surface area (Å²) in [4.78, 5) is 5.55. The van der Waals surface area contributed by atoms with E-state index in [2.05, 4.69) is 10.3 Å². The zero-order chi connectivity index (χ0) is 12.9. The number of nitrogens with zero attached hydrogens (tertiary/aromatic N) is 2. The number of anilines is 1. The van der Waals surface area contributed by atoms with Crippen LogP contribution in [-0.2, 0) is 6.18 Å². The van der Waals surface area contributed by atoms with E-state index < -0.39 is 24.0 Å². The smallest absolute Gasteiger partial charge is 0.347 e. The summed E-state index contributed by atoms with van der Waals surface area (Å²) >= 11 is 0. The molecule has 0 radical (unpaired) electrons. The zero-order valence-electron chi connectivity index (χ0n) is 9.34. The first-order valence-corrected chi connectivity index (χ1v) is 5.67. The van der Waals surface area contributed by atoms with Crippen molar-refractivity contribution in [2.24, 2.45) is 0 Å². The van der Waals surface area contributed by atoms with Gasteiger partial charge >= 0.3 is 6.18 Å². The van der Waals surface area contributed by atoms with Crippen LogP contribution in [0.4, 0.5) is 23.4 Å². The van der Waals surface area contributed by atoms with Crippen LogP contribution >= 0.6 is 0 Å². The van der Waals surface area contributed by atoms with Gasteiger partial charge in [-0.2, -0.15) is 13.2 Å². The van der Waals surface area contributed by atoms with Gasteiger partial charge in [-0.1, -0.05) is 0 Å². The molecule has 18 heavy (non-hydrogen) atoms. The van der Waals surface area contributed by atoms with Crippen molar-refractivity contribution in [3.63, 3.8) is 0 Å². The highest BCUT2D eigenvalue weighted by molar-refractivity contribution is 5.57. The molecule has 1 aromatic heterocycles. The van der Waals surface area contributed by atoms with Gasteiger partial charge < -0.3 is 10.2 Å². The van der Waals surface area contributed by atoms with Gasteiger partial charge in [0, 0.05) is 31.4 Å². The van der Waals surface area contributed by atoms with Crippen LogP contribution in [0.3, 0.4) is 0 Å². The molecule has 1 aromatic rings. The van der Waals surface area contributed by atoms with Crippen LogP contribution in [0.15, 0.2) is 12.3 Å². The lowest BCUT2D eigenvalue weighted by Crippen LogP contribution is -2.50. The molecule has 0 spiro atoms. The Balaban J connectivity index is 2.03. The Kier molecular flexibility index (Phi) is 2.48. The van der Waals surface area contributed by atoms with Gasteiger partial charge in [0.1, 0.15) is 5.82 Å². The molecule has 7 heteroatoms. The Morgan fingerprint density at radius 3 is 2.89 bits per heavy atom.